The topological polar surface area (TPSA) is 72.5 Å². The third-order valence-corrected chi connectivity index (χ3v) is 1.72. The first-order chi connectivity index (χ1) is 5.38. The first-order valence-corrected chi connectivity index (χ1v) is 4.11. The average Bonchev–Trinajstić information content (AvgIpc) is 1.85. The molecule has 12 heavy (non-hydrogen) atoms. The number of rotatable bonds is 4. The van der Waals surface area contributed by atoms with E-state index in [0.717, 1.165) is 0 Å². The summed E-state index contributed by atoms with van der Waals surface area (Å²) < 4.78 is 3.01. The minimum atomic E-state index is -1.69. The van der Waals surface area contributed by atoms with Crippen LogP contribution >= 0.6 is 34.8 Å². The number of hydrogen-bond donors (Lipinski definition) is 2. The van der Waals surface area contributed by atoms with Gasteiger partial charge in [-0.15, -0.1) is 0 Å². The first kappa shape index (κ1) is 12.3. The summed E-state index contributed by atoms with van der Waals surface area (Å²) in [4.78, 5) is 10.1. The maximum absolute atomic E-state index is 10.1. The number of carboxylic acid groups (broad SMARTS) is 1. The fourth-order valence-electron chi connectivity index (χ4n) is 0.468. The van der Waals surface area contributed by atoms with Gasteiger partial charge in [-0.2, -0.15) is 0 Å². The van der Waals surface area contributed by atoms with E-state index in [2.05, 4.69) is 0 Å². The van der Waals surface area contributed by atoms with Crippen molar-refractivity contribution in [3.8, 4) is 0 Å². The fraction of sp³-hybridized carbons (Fsp3) is 0.800. The maximum atomic E-state index is 10.1. The molecule has 0 radical (unpaired) electrons. The van der Waals surface area contributed by atoms with Crippen molar-refractivity contribution in [2.45, 2.75) is 9.90 Å². The molecule has 0 saturated carbocycles. The van der Waals surface area contributed by atoms with Crippen molar-refractivity contribution >= 4 is 40.8 Å². The summed E-state index contributed by atoms with van der Waals surface area (Å²) in [5.41, 5.74) is 5.17. The second-order valence-corrected chi connectivity index (χ2v) is 4.34. The van der Waals surface area contributed by atoms with E-state index in [-0.39, 0.29) is 6.54 Å². The van der Waals surface area contributed by atoms with Gasteiger partial charge in [0, 0.05) is 6.54 Å². The summed E-state index contributed by atoms with van der Waals surface area (Å²) in [6.07, 6.45) is -0.904. The Morgan fingerprint density at radius 1 is 1.58 bits per heavy atom. The average molecular weight is 236 g/mol. The van der Waals surface area contributed by atoms with Gasteiger partial charge in [0.1, 0.15) is 12.7 Å². The van der Waals surface area contributed by atoms with Gasteiger partial charge in [-0.3, -0.25) is 0 Å². The predicted octanol–water partition coefficient (Wildman–Crippen LogP) is 0.785. The highest BCUT2D eigenvalue weighted by molar-refractivity contribution is 6.68. The van der Waals surface area contributed by atoms with Crippen molar-refractivity contribution in [3.63, 3.8) is 0 Å². The summed E-state index contributed by atoms with van der Waals surface area (Å²) in [5.74, 6) is -1.14. The number of hydrogen-bond acceptors (Lipinski definition) is 3. The van der Waals surface area contributed by atoms with E-state index in [9.17, 15) is 4.79 Å². The smallest absolute Gasteiger partial charge is 0.329 e. The SMILES string of the molecule is NCC(OCC(=O)O)C(Cl)(Cl)Cl. The van der Waals surface area contributed by atoms with E-state index in [4.69, 9.17) is 50.4 Å². The Morgan fingerprint density at radius 2 is 2.08 bits per heavy atom. The lowest BCUT2D eigenvalue weighted by Crippen LogP contribution is -2.37. The number of halogens is 3. The van der Waals surface area contributed by atoms with Gasteiger partial charge in [0.2, 0.25) is 3.79 Å². The molecular weight excluding hydrogens is 228 g/mol. The molecule has 0 rings (SSSR count). The highest BCUT2D eigenvalue weighted by Crippen LogP contribution is 2.31. The van der Waals surface area contributed by atoms with E-state index < -0.39 is 22.5 Å². The molecule has 1 unspecified atom stereocenters. The molecule has 1 atom stereocenters. The van der Waals surface area contributed by atoms with Gasteiger partial charge < -0.3 is 15.6 Å². The Hall–Kier alpha value is 0.260. The lowest BCUT2D eigenvalue weighted by molar-refractivity contribution is -0.144. The quantitative estimate of drug-likeness (QED) is 0.708. The minimum Gasteiger partial charge on any atom is -0.480 e. The first-order valence-electron chi connectivity index (χ1n) is 2.98. The molecule has 0 aliphatic rings. The van der Waals surface area contributed by atoms with Crippen LogP contribution in [0.15, 0.2) is 0 Å². The van der Waals surface area contributed by atoms with Gasteiger partial charge in [0.25, 0.3) is 0 Å². The highest BCUT2D eigenvalue weighted by Gasteiger charge is 2.32. The fourth-order valence-corrected chi connectivity index (χ4v) is 0.924. The molecule has 0 heterocycles. The lowest BCUT2D eigenvalue weighted by Gasteiger charge is -2.21. The van der Waals surface area contributed by atoms with Gasteiger partial charge >= 0.3 is 5.97 Å². The number of ether oxygens (including phenoxy) is 1. The third-order valence-electron chi connectivity index (χ3n) is 0.987. The Balaban J connectivity index is 3.92. The van der Waals surface area contributed by atoms with Crippen molar-refractivity contribution in [1.82, 2.24) is 0 Å². The predicted molar refractivity (Wildman–Crippen MR) is 46.7 cm³/mol. The van der Waals surface area contributed by atoms with Crippen molar-refractivity contribution in [1.29, 1.82) is 0 Å². The van der Waals surface area contributed by atoms with E-state index in [1.165, 1.54) is 0 Å². The maximum Gasteiger partial charge on any atom is 0.329 e. The monoisotopic (exact) mass is 235 g/mol. The molecule has 0 aliphatic carbocycles. The van der Waals surface area contributed by atoms with Crippen molar-refractivity contribution in [2.75, 3.05) is 13.2 Å². The Morgan fingerprint density at radius 3 is 2.33 bits per heavy atom. The standard InChI is InChI=1S/C5H8Cl3NO3/c6-5(7,8)3(1-9)12-2-4(10)11/h3H,1-2,9H2,(H,10,11). The highest BCUT2D eigenvalue weighted by atomic mass is 35.6. The summed E-state index contributed by atoms with van der Waals surface area (Å²) in [7, 11) is 0. The van der Waals surface area contributed by atoms with E-state index in [1.54, 1.807) is 0 Å². The van der Waals surface area contributed by atoms with Crippen LogP contribution in [0.2, 0.25) is 0 Å². The second kappa shape index (κ2) is 5.09. The van der Waals surface area contributed by atoms with Gasteiger partial charge in [-0.25, -0.2) is 4.79 Å². The molecule has 4 nitrogen and oxygen atoms in total. The van der Waals surface area contributed by atoms with E-state index in [1.807, 2.05) is 0 Å². The normalized spacial score (nSPS) is 14.3. The summed E-state index contributed by atoms with van der Waals surface area (Å²) >= 11 is 16.2. The number of aliphatic carboxylic acids is 1. The Bertz CT molecular complexity index is 159. The molecule has 0 saturated heterocycles. The van der Waals surface area contributed by atoms with Crippen LogP contribution in [0.5, 0.6) is 0 Å². The molecule has 7 heteroatoms. The minimum absolute atomic E-state index is 0.0518. The molecule has 72 valence electrons. The molecular formula is C5H8Cl3NO3. The third kappa shape index (κ3) is 5.00. The van der Waals surface area contributed by atoms with Crippen LogP contribution in [0.4, 0.5) is 0 Å². The molecule has 0 aromatic heterocycles. The van der Waals surface area contributed by atoms with Gasteiger partial charge in [-0.05, 0) is 0 Å². The Labute approximate surface area is 84.5 Å². The molecule has 0 aliphatic heterocycles. The van der Waals surface area contributed by atoms with Crippen molar-refractivity contribution < 1.29 is 14.6 Å². The summed E-state index contributed by atoms with van der Waals surface area (Å²) in [5, 5.41) is 8.23. The second-order valence-electron chi connectivity index (χ2n) is 1.97. The van der Waals surface area contributed by atoms with Crippen LogP contribution in [-0.2, 0) is 9.53 Å². The summed E-state index contributed by atoms with van der Waals surface area (Å²) in [6.45, 7) is -0.584. The Kier molecular flexibility index (Phi) is 5.20. The van der Waals surface area contributed by atoms with Gasteiger partial charge in [-0.1, -0.05) is 34.8 Å². The number of nitrogens with two attached hydrogens (primary N) is 1. The van der Waals surface area contributed by atoms with Crippen LogP contribution in [0, 0.1) is 0 Å². The molecule has 0 fully saturated rings. The van der Waals surface area contributed by atoms with Crippen molar-refractivity contribution in [3.05, 3.63) is 0 Å². The number of carboxylic acids is 1. The van der Waals surface area contributed by atoms with Gasteiger partial charge in [0.05, 0.1) is 0 Å². The zero-order valence-corrected chi connectivity index (χ0v) is 8.23. The van der Waals surface area contributed by atoms with Crippen LogP contribution in [0.1, 0.15) is 0 Å². The number of carbonyl (C=O) groups is 1. The zero-order valence-electron chi connectivity index (χ0n) is 5.97. The van der Waals surface area contributed by atoms with Crippen LogP contribution in [0.25, 0.3) is 0 Å². The largest absolute Gasteiger partial charge is 0.480 e. The van der Waals surface area contributed by atoms with Crippen LogP contribution in [-0.4, -0.2) is 34.1 Å². The molecule has 0 bridgehead atoms. The molecule has 3 N–H and O–H groups in total. The molecule has 0 spiro atoms. The number of alkyl halides is 3. The van der Waals surface area contributed by atoms with E-state index in [0.29, 0.717) is 0 Å². The molecule has 0 amide bonds. The van der Waals surface area contributed by atoms with E-state index >= 15 is 0 Å². The van der Waals surface area contributed by atoms with Crippen molar-refractivity contribution in [2.24, 2.45) is 5.73 Å². The zero-order chi connectivity index (χ0) is 9.78. The molecule has 0 aromatic carbocycles. The van der Waals surface area contributed by atoms with Crippen LogP contribution in [0.3, 0.4) is 0 Å². The lowest BCUT2D eigenvalue weighted by atomic mass is 10.4. The van der Waals surface area contributed by atoms with Gasteiger partial charge in [0.15, 0.2) is 0 Å². The summed E-state index contributed by atoms with van der Waals surface area (Å²) in [6, 6.07) is 0. The molecule has 0 aromatic rings. The van der Waals surface area contributed by atoms with Crippen LogP contribution < -0.4 is 5.73 Å².